The number of carbonyl (C=O) groups is 1. The summed E-state index contributed by atoms with van der Waals surface area (Å²) in [6.07, 6.45) is 1.42. The minimum absolute atomic E-state index is 0.0955. The Hall–Kier alpha value is -1.29. The maximum Gasteiger partial charge on any atom is 0.341 e. The van der Waals surface area contributed by atoms with Crippen molar-refractivity contribution in [1.29, 1.82) is 0 Å². The van der Waals surface area contributed by atoms with Crippen molar-refractivity contribution in [2.45, 2.75) is 19.9 Å². The van der Waals surface area contributed by atoms with Crippen LogP contribution in [0.4, 0.5) is 0 Å². The maximum absolute atomic E-state index is 11.3. The highest BCUT2D eigenvalue weighted by Gasteiger charge is 2.13. The van der Waals surface area contributed by atoms with Crippen LogP contribution in [0.15, 0.2) is 16.7 Å². The van der Waals surface area contributed by atoms with E-state index in [1.807, 2.05) is 14.0 Å². The Bertz CT molecular complexity index is 306. The SMILES string of the molecule is CCOC(=O)c1coc(C(C)NC)c1. The first-order valence-corrected chi connectivity index (χ1v) is 4.61. The Morgan fingerprint density at radius 2 is 2.43 bits per heavy atom. The highest BCUT2D eigenvalue weighted by Crippen LogP contribution is 2.16. The summed E-state index contributed by atoms with van der Waals surface area (Å²) in [5.74, 6) is 0.390. The summed E-state index contributed by atoms with van der Waals surface area (Å²) in [4.78, 5) is 11.3. The van der Waals surface area contributed by atoms with Crippen molar-refractivity contribution in [3.8, 4) is 0 Å². The Kier molecular flexibility index (Phi) is 3.71. The van der Waals surface area contributed by atoms with Crippen LogP contribution >= 0.6 is 0 Å². The van der Waals surface area contributed by atoms with Crippen LogP contribution in [0.25, 0.3) is 0 Å². The van der Waals surface area contributed by atoms with Crippen LogP contribution in [0.5, 0.6) is 0 Å². The molecule has 0 bridgehead atoms. The van der Waals surface area contributed by atoms with Gasteiger partial charge in [-0.3, -0.25) is 0 Å². The first kappa shape index (κ1) is 10.8. The Morgan fingerprint density at radius 3 is 3.00 bits per heavy atom. The van der Waals surface area contributed by atoms with Crippen molar-refractivity contribution < 1.29 is 13.9 Å². The number of ether oxygens (including phenoxy) is 1. The zero-order chi connectivity index (χ0) is 10.6. The van der Waals surface area contributed by atoms with Gasteiger partial charge in [0.25, 0.3) is 0 Å². The van der Waals surface area contributed by atoms with E-state index >= 15 is 0 Å². The van der Waals surface area contributed by atoms with Crippen LogP contribution in [-0.2, 0) is 4.74 Å². The number of rotatable bonds is 4. The molecule has 14 heavy (non-hydrogen) atoms. The molecule has 0 fully saturated rings. The van der Waals surface area contributed by atoms with Gasteiger partial charge in [-0.05, 0) is 27.0 Å². The van der Waals surface area contributed by atoms with Gasteiger partial charge in [0.1, 0.15) is 12.0 Å². The molecule has 1 aromatic heterocycles. The Balaban J connectivity index is 2.72. The molecule has 0 radical (unpaired) electrons. The fourth-order valence-electron chi connectivity index (χ4n) is 1.04. The van der Waals surface area contributed by atoms with Crippen molar-refractivity contribution in [3.05, 3.63) is 23.7 Å². The van der Waals surface area contributed by atoms with Gasteiger partial charge in [-0.1, -0.05) is 0 Å². The summed E-state index contributed by atoms with van der Waals surface area (Å²) in [5.41, 5.74) is 0.462. The third-order valence-electron chi connectivity index (χ3n) is 1.99. The molecule has 4 heteroatoms. The van der Waals surface area contributed by atoms with Gasteiger partial charge >= 0.3 is 5.97 Å². The van der Waals surface area contributed by atoms with Gasteiger partial charge in [-0.15, -0.1) is 0 Å². The molecular formula is C10H15NO3. The minimum Gasteiger partial charge on any atom is -0.467 e. The first-order chi connectivity index (χ1) is 6.69. The lowest BCUT2D eigenvalue weighted by molar-refractivity contribution is 0.0525. The van der Waals surface area contributed by atoms with Crippen LogP contribution in [0.1, 0.15) is 36.0 Å². The molecule has 4 nitrogen and oxygen atoms in total. The number of hydrogen-bond donors (Lipinski definition) is 1. The fourth-order valence-corrected chi connectivity index (χ4v) is 1.04. The highest BCUT2D eigenvalue weighted by molar-refractivity contribution is 5.89. The normalized spacial score (nSPS) is 12.5. The summed E-state index contributed by atoms with van der Waals surface area (Å²) in [6.45, 7) is 4.10. The van der Waals surface area contributed by atoms with E-state index in [1.165, 1.54) is 6.26 Å². The lowest BCUT2D eigenvalue weighted by atomic mass is 10.2. The summed E-state index contributed by atoms with van der Waals surface area (Å²) in [6, 6.07) is 1.79. The van der Waals surface area contributed by atoms with Crippen molar-refractivity contribution in [1.82, 2.24) is 5.32 Å². The zero-order valence-electron chi connectivity index (χ0n) is 8.66. The molecule has 1 unspecified atom stereocenters. The van der Waals surface area contributed by atoms with Crippen LogP contribution in [0.2, 0.25) is 0 Å². The monoisotopic (exact) mass is 197 g/mol. The molecule has 0 saturated heterocycles. The molecule has 0 aliphatic carbocycles. The molecule has 1 rings (SSSR count). The molecule has 0 aliphatic heterocycles. The summed E-state index contributed by atoms with van der Waals surface area (Å²) < 4.78 is 10.1. The van der Waals surface area contributed by atoms with Crippen molar-refractivity contribution >= 4 is 5.97 Å². The number of nitrogens with one attached hydrogen (secondary N) is 1. The largest absolute Gasteiger partial charge is 0.467 e. The fraction of sp³-hybridized carbons (Fsp3) is 0.500. The van der Waals surface area contributed by atoms with Crippen LogP contribution in [0, 0.1) is 0 Å². The smallest absolute Gasteiger partial charge is 0.341 e. The van der Waals surface area contributed by atoms with Crippen molar-refractivity contribution in [2.24, 2.45) is 0 Å². The second-order valence-electron chi connectivity index (χ2n) is 2.97. The number of hydrogen-bond acceptors (Lipinski definition) is 4. The molecule has 0 aromatic carbocycles. The average Bonchev–Trinajstić information content (AvgIpc) is 2.66. The molecule has 0 spiro atoms. The summed E-state index contributed by atoms with van der Waals surface area (Å²) in [5, 5.41) is 3.02. The first-order valence-electron chi connectivity index (χ1n) is 4.61. The van der Waals surface area contributed by atoms with Crippen LogP contribution < -0.4 is 5.32 Å². The van der Waals surface area contributed by atoms with E-state index in [0.29, 0.717) is 12.2 Å². The third-order valence-corrected chi connectivity index (χ3v) is 1.99. The quantitative estimate of drug-likeness (QED) is 0.747. The molecule has 1 atom stereocenters. The molecular weight excluding hydrogens is 182 g/mol. The Morgan fingerprint density at radius 1 is 1.71 bits per heavy atom. The van der Waals surface area contributed by atoms with E-state index in [1.54, 1.807) is 13.0 Å². The van der Waals surface area contributed by atoms with E-state index in [2.05, 4.69) is 5.32 Å². The highest BCUT2D eigenvalue weighted by atomic mass is 16.5. The van der Waals surface area contributed by atoms with E-state index in [9.17, 15) is 4.79 Å². The molecule has 0 amide bonds. The average molecular weight is 197 g/mol. The topological polar surface area (TPSA) is 51.5 Å². The summed E-state index contributed by atoms with van der Waals surface area (Å²) >= 11 is 0. The molecule has 1 aromatic rings. The lowest BCUT2D eigenvalue weighted by Gasteiger charge is -2.04. The van der Waals surface area contributed by atoms with Gasteiger partial charge in [0.15, 0.2) is 0 Å². The van der Waals surface area contributed by atoms with E-state index in [4.69, 9.17) is 9.15 Å². The second kappa shape index (κ2) is 4.81. The maximum atomic E-state index is 11.3. The molecule has 1 N–H and O–H groups in total. The van der Waals surface area contributed by atoms with Gasteiger partial charge in [0.05, 0.1) is 18.2 Å². The number of furan rings is 1. The predicted molar refractivity (Wildman–Crippen MR) is 52.1 cm³/mol. The Labute approximate surface area is 83.2 Å². The second-order valence-corrected chi connectivity index (χ2v) is 2.97. The predicted octanol–water partition coefficient (Wildman–Crippen LogP) is 1.74. The molecule has 1 heterocycles. The third kappa shape index (κ3) is 2.35. The number of carbonyl (C=O) groups excluding carboxylic acids is 1. The van der Waals surface area contributed by atoms with Crippen molar-refractivity contribution in [2.75, 3.05) is 13.7 Å². The molecule has 0 aliphatic rings. The van der Waals surface area contributed by atoms with Gasteiger partial charge in [-0.25, -0.2) is 4.79 Å². The van der Waals surface area contributed by atoms with E-state index < -0.39 is 0 Å². The molecule has 0 saturated carbocycles. The van der Waals surface area contributed by atoms with Gasteiger partial charge in [-0.2, -0.15) is 0 Å². The zero-order valence-corrected chi connectivity index (χ0v) is 8.66. The van der Waals surface area contributed by atoms with E-state index in [0.717, 1.165) is 5.76 Å². The lowest BCUT2D eigenvalue weighted by Crippen LogP contribution is -2.11. The minimum atomic E-state index is -0.342. The van der Waals surface area contributed by atoms with Crippen LogP contribution in [-0.4, -0.2) is 19.6 Å². The molecule has 78 valence electrons. The summed E-state index contributed by atoms with van der Waals surface area (Å²) in [7, 11) is 1.83. The van der Waals surface area contributed by atoms with Gasteiger partial charge in [0, 0.05) is 0 Å². The van der Waals surface area contributed by atoms with Gasteiger partial charge < -0.3 is 14.5 Å². The van der Waals surface area contributed by atoms with Gasteiger partial charge in [0.2, 0.25) is 0 Å². The number of esters is 1. The van der Waals surface area contributed by atoms with Crippen molar-refractivity contribution in [3.63, 3.8) is 0 Å². The standard InChI is InChI=1S/C10H15NO3/c1-4-13-10(12)8-5-9(14-6-8)7(2)11-3/h5-7,11H,4H2,1-3H3. The van der Waals surface area contributed by atoms with Crippen LogP contribution in [0.3, 0.4) is 0 Å². The van der Waals surface area contributed by atoms with E-state index in [-0.39, 0.29) is 12.0 Å².